The van der Waals surface area contributed by atoms with E-state index in [2.05, 4.69) is 264 Å². The monoisotopic (exact) mass is 1030 g/mol. The summed E-state index contributed by atoms with van der Waals surface area (Å²) in [5.74, 6) is 0. The molecule has 2 nitrogen and oxygen atoms in total. The molecular weight excluding hydrogens is 968 g/mol. The molecule has 0 spiro atoms. The predicted molar refractivity (Wildman–Crippen MR) is 336 cm³/mol. The Hall–Kier alpha value is -7.70. The number of nitrogens with zero attached hydrogens (tertiary/aromatic N) is 2. The molecule has 2 aromatic heterocycles. The molecule has 372 valence electrons. The molecule has 15 rings (SSSR count). The quantitative estimate of drug-likeness (QED) is 0.159. The lowest BCUT2D eigenvalue weighted by Gasteiger charge is -2.45. The second kappa shape index (κ2) is 16.9. The highest BCUT2D eigenvalue weighted by molar-refractivity contribution is 7.26. The molecule has 10 aromatic carbocycles. The highest BCUT2D eigenvalue weighted by atomic mass is 32.1. The smallest absolute Gasteiger partial charge is 0.334 e. The van der Waals surface area contributed by atoms with Gasteiger partial charge in [0.25, 0.3) is 0 Å². The summed E-state index contributed by atoms with van der Waals surface area (Å²) < 4.78 is 3.98. The molecular formula is C72H59BN2S2. The topological polar surface area (TPSA) is 6.48 Å². The minimum Gasteiger partial charge on any atom is -0.376 e. The maximum absolute atomic E-state index is 2.75. The first-order valence-electron chi connectivity index (χ1n) is 27.5. The molecule has 2 aliphatic heterocycles. The Morgan fingerprint density at radius 2 is 0.987 bits per heavy atom. The third-order valence-corrected chi connectivity index (χ3v) is 19.9. The van der Waals surface area contributed by atoms with Crippen molar-refractivity contribution in [2.75, 3.05) is 9.71 Å². The van der Waals surface area contributed by atoms with Crippen molar-refractivity contribution in [1.29, 1.82) is 0 Å². The fourth-order valence-electron chi connectivity index (χ4n) is 13.3. The highest BCUT2D eigenvalue weighted by Crippen LogP contribution is 2.56. The van der Waals surface area contributed by atoms with E-state index in [1.807, 2.05) is 22.7 Å². The molecule has 4 heterocycles. The predicted octanol–water partition coefficient (Wildman–Crippen LogP) is 19.8. The summed E-state index contributed by atoms with van der Waals surface area (Å²) in [5, 5.41) is 7.83. The lowest BCUT2D eigenvalue weighted by molar-refractivity contribution is 0.332. The van der Waals surface area contributed by atoms with Crippen molar-refractivity contribution in [1.82, 2.24) is 0 Å². The van der Waals surface area contributed by atoms with Crippen molar-refractivity contribution < 1.29 is 0 Å². The van der Waals surface area contributed by atoms with E-state index in [4.69, 9.17) is 0 Å². The van der Waals surface area contributed by atoms with Crippen LogP contribution in [-0.2, 0) is 16.2 Å². The molecule has 5 heteroatoms. The molecule has 0 unspecified atom stereocenters. The van der Waals surface area contributed by atoms with Gasteiger partial charge in [-0.25, -0.2) is 0 Å². The lowest BCUT2D eigenvalue weighted by Crippen LogP contribution is -2.61. The van der Waals surface area contributed by atoms with Gasteiger partial charge in [0.15, 0.2) is 0 Å². The fraction of sp³-hybridized carbons (Fsp3) is 0.167. The van der Waals surface area contributed by atoms with Gasteiger partial charge in [0.05, 0.1) is 10.7 Å². The van der Waals surface area contributed by atoms with Crippen molar-refractivity contribution in [2.24, 2.45) is 0 Å². The molecule has 77 heavy (non-hydrogen) atoms. The Morgan fingerprint density at radius 1 is 0.416 bits per heavy atom. The minimum absolute atomic E-state index is 0.0306. The number of anilines is 5. The van der Waals surface area contributed by atoms with Gasteiger partial charge in [0.1, 0.15) is 0 Å². The fourth-order valence-corrected chi connectivity index (χ4v) is 15.7. The number of fused-ring (bicyclic) bond motifs is 11. The minimum atomic E-state index is -0.152. The van der Waals surface area contributed by atoms with Crippen LogP contribution in [0.15, 0.2) is 206 Å². The Labute approximate surface area is 461 Å². The van der Waals surface area contributed by atoms with Crippen LogP contribution in [0.3, 0.4) is 0 Å². The molecule has 0 atom stereocenters. The second-order valence-corrected chi connectivity index (χ2v) is 26.5. The zero-order valence-electron chi connectivity index (χ0n) is 44.8. The lowest BCUT2D eigenvalue weighted by atomic mass is 9.43. The summed E-state index contributed by atoms with van der Waals surface area (Å²) in [6.07, 6.45) is 2.33. The van der Waals surface area contributed by atoms with Crippen LogP contribution in [0.2, 0.25) is 0 Å². The molecule has 0 saturated heterocycles. The Kier molecular flexibility index (Phi) is 10.2. The average Bonchev–Trinajstić information content (AvgIpc) is 4.18. The van der Waals surface area contributed by atoms with E-state index >= 15 is 0 Å². The van der Waals surface area contributed by atoms with Crippen LogP contribution >= 0.6 is 22.7 Å². The van der Waals surface area contributed by atoms with E-state index < -0.39 is 0 Å². The van der Waals surface area contributed by atoms with Crippen LogP contribution in [-0.4, -0.2) is 6.85 Å². The molecule has 12 aromatic rings. The summed E-state index contributed by atoms with van der Waals surface area (Å²) in [6.45, 7) is 16.8. The van der Waals surface area contributed by atoms with Gasteiger partial charge in [-0.1, -0.05) is 182 Å². The first-order chi connectivity index (χ1) is 37.3. The Bertz CT molecular complexity index is 4370. The van der Waals surface area contributed by atoms with Crippen LogP contribution < -0.4 is 20.6 Å². The van der Waals surface area contributed by atoms with Crippen molar-refractivity contribution in [3.05, 3.63) is 223 Å². The molecule has 1 aliphatic carbocycles. The standard InChI is InChI=1S/C72H59BN2S2/c1-70(2,3)51-29-32-61(53(39-51)47-23-15-10-16-24-47)74-63-37-50(45-21-13-9-14-22-45)36-57-54-40-56-55-35-48-25-17-18-26-49(48)38-64(55)76-66(56)43-62(54)75(52-30-27-46(28-31-52)44-19-11-8-12-20-44)73(67(57)63)68-58-41-59-60(42-65(58)77-69(68)74)72(6,7)34-33-71(59,4)5/h8-32,35-43H,33-34H2,1-7H3. The second-order valence-electron chi connectivity index (χ2n) is 24.3. The van der Waals surface area contributed by atoms with E-state index in [0.717, 1.165) is 6.42 Å². The largest absolute Gasteiger partial charge is 0.376 e. The zero-order chi connectivity index (χ0) is 52.1. The summed E-state index contributed by atoms with van der Waals surface area (Å²) in [7, 11) is 0. The normalized spacial score (nSPS) is 15.2. The highest BCUT2D eigenvalue weighted by Gasteiger charge is 2.49. The zero-order valence-corrected chi connectivity index (χ0v) is 46.5. The van der Waals surface area contributed by atoms with Crippen LogP contribution in [0.5, 0.6) is 0 Å². The third-order valence-electron chi connectivity index (χ3n) is 17.6. The first-order valence-corrected chi connectivity index (χ1v) is 29.1. The Balaban J connectivity index is 1.11. The molecule has 0 fully saturated rings. The third kappa shape index (κ3) is 7.27. The van der Waals surface area contributed by atoms with E-state index in [1.165, 1.54) is 147 Å². The van der Waals surface area contributed by atoms with Gasteiger partial charge < -0.3 is 9.71 Å². The maximum atomic E-state index is 2.75. The molecule has 0 radical (unpaired) electrons. The van der Waals surface area contributed by atoms with Crippen LogP contribution in [0, 0.1) is 0 Å². The van der Waals surface area contributed by atoms with Crippen LogP contribution in [0.4, 0.5) is 27.8 Å². The van der Waals surface area contributed by atoms with Crippen molar-refractivity contribution >= 4 is 109 Å². The first kappa shape index (κ1) is 46.6. The number of benzene rings is 10. The molecule has 3 aliphatic rings. The summed E-state index contributed by atoms with van der Waals surface area (Å²) >= 11 is 3.92. The van der Waals surface area contributed by atoms with Crippen LogP contribution in [0.1, 0.15) is 78.0 Å². The molecule has 0 bridgehead atoms. The summed E-state index contributed by atoms with van der Waals surface area (Å²) in [4.78, 5) is 5.45. The van der Waals surface area contributed by atoms with Gasteiger partial charge >= 0.3 is 6.85 Å². The number of rotatable bonds is 5. The van der Waals surface area contributed by atoms with E-state index in [9.17, 15) is 0 Å². The van der Waals surface area contributed by atoms with Gasteiger partial charge in [-0.05, 0) is 179 Å². The van der Waals surface area contributed by atoms with Gasteiger partial charge in [-0.15, -0.1) is 22.7 Å². The van der Waals surface area contributed by atoms with E-state index in [1.54, 1.807) is 0 Å². The summed E-state index contributed by atoms with van der Waals surface area (Å²) in [5.41, 5.74) is 21.8. The van der Waals surface area contributed by atoms with E-state index in [-0.39, 0.29) is 23.1 Å². The van der Waals surface area contributed by atoms with E-state index in [0.29, 0.717) is 0 Å². The molecule has 0 amide bonds. The summed E-state index contributed by atoms with van der Waals surface area (Å²) in [6, 6.07) is 79.0. The number of hydrogen-bond acceptors (Lipinski definition) is 4. The van der Waals surface area contributed by atoms with Crippen molar-refractivity contribution in [3.8, 4) is 44.5 Å². The SMILES string of the molecule is CC(C)(C)c1ccc(N2c3cc(-c4ccccc4)cc4c3B(c3c2sc2cc5c(cc32)C(C)(C)CCC5(C)C)N(c2ccc(-c3ccccc3)cc2)c2cc3sc5cc6ccccc6cc5c3cc2-4)c(-c2ccccc2)c1. The maximum Gasteiger partial charge on any atom is 0.334 e. The van der Waals surface area contributed by atoms with Gasteiger partial charge in [0, 0.05) is 53.1 Å². The van der Waals surface area contributed by atoms with Gasteiger partial charge in [0.2, 0.25) is 0 Å². The van der Waals surface area contributed by atoms with Crippen molar-refractivity contribution in [2.45, 2.75) is 77.6 Å². The average molecular weight is 1030 g/mol. The van der Waals surface area contributed by atoms with Crippen LogP contribution in [0.25, 0.3) is 85.5 Å². The number of hydrogen-bond donors (Lipinski definition) is 0. The van der Waals surface area contributed by atoms with Gasteiger partial charge in [-0.2, -0.15) is 0 Å². The van der Waals surface area contributed by atoms with Gasteiger partial charge in [-0.3, -0.25) is 0 Å². The molecule has 0 saturated carbocycles. The Morgan fingerprint density at radius 3 is 1.66 bits per heavy atom. The van der Waals surface area contributed by atoms with Crippen molar-refractivity contribution in [3.63, 3.8) is 0 Å². The number of thiophene rings is 2. The molecule has 0 N–H and O–H groups in total.